The van der Waals surface area contributed by atoms with Crippen molar-refractivity contribution in [3.05, 3.63) is 68.4 Å². The molecule has 19 heavy (non-hydrogen) atoms. The van der Waals surface area contributed by atoms with Gasteiger partial charge >= 0.3 is 0 Å². The van der Waals surface area contributed by atoms with E-state index in [1.165, 1.54) is 0 Å². The fourth-order valence-corrected chi connectivity index (χ4v) is 2.97. The second-order valence-corrected chi connectivity index (χ2v) is 6.09. The summed E-state index contributed by atoms with van der Waals surface area (Å²) in [5.74, 6) is -0.220. The van der Waals surface area contributed by atoms with E-state index in [1.807, 2.05) is 32.0 Å². The predicted octanol–water partition coefficient (Wildman–Crippen LogP) is 5.84. The van der Waals surface area contributed by atoms with Crippen LogP contribution in [0.25, 0.3) is 0 Å². The minimum atomic E-state index is -0.466. The Morgan fingerprint density at radius 3 is 2.37 bits per heavy atom. The number of hydrogen-bond acceptors (Lipinski definition) is 0. The summed E-state index contributed by atoms with van der Waals surface area (Å²) in [6.45, 7) is 5.74. The third-order valence-electron chi connectivity index (χ3n) is 3.32. The van der Waals surface area contributed by atoms with E-state index in [0.29, 0.717) is 11.1 Å². The van der Waals surface area contributed by atoms with Crippen molar-refractivity contribution in [1.29, 1.82) is 0 Å². The molecule has 0 spiro atoms. The van der Waals surface area contributed by atoms with Crippen LogP contribution in [0.3, 0.4) is 0 Å². The molecule has 2 aromatic rings. The lowest BCUT2D eigenvalue weighted by Crippen LogP contribution is -2.01. The summed E-state index contributed by atoms with van der Waals surface area (Å²) >= 11 is 9.98. The fourth-order valence-electron chi connectivity index (χ4n) is 2.11. The summed E-state index contributed by atoms with van der Waals surface area (Å²) in [5, 5.41) is -0.466. The molecule has 0 aromatic heterocycles. The van der Waals surface area contributed by atoms with E-state index in [1.54, 1.807) is 19.1 Å². The molecule has 0 saturated heterocycles. The van der Waals surface area contributed by atoms with Crippen LogP contribution in [0, 0.1) is 26.6 Å². The average Bonchev–Trinajstić information content (AvgIpc) is 2.36. The van der Waals surface area contributed by atoms with Gasteiger partial charge in [-0.05, 0) is 49.1 Å². The molecule has 0 aliphatic heterocycles. The topological polar surface area (TPSA) is 0 Å². The van der Waals surface area contributed by atoms with Crippen molar-refractivity contribution in [1.82, 2.24) is 0 Å². The number of aryl methyl sites for hydroxylation is 3. The van der Waals surface area contributed by atoms with Gasteiger partial charge in [-0.3, -0.25) is 0 Å². The van der Waals surface area contributed by atoms with Crippen LogP contribution in [-0.2, 0) is 0 Å². The van der Waals surface area contributed by atoms with E-state index in [-0.39, 0.29) is 5.82 Å². The lowest BCUT2D eigenvalue weighted by molar-refractivity contribution is 0.603. The molecule has 0 radical (unpaired) electrons. The van der Waals surface area contributed by atoms with Gasteiger partial charge in [0.15, 0.2) is 0 Å². The zero-order valence-corrected chi connectivity index (χ0v) is 13.4. The van der Waals surface area contributed by atoms with Gasteiger partial charge in [0.2, 0.25) is 0 Å². The third-order valence-corrected chi connectivity index (χ3v) is 4.64. The molecule has 2 rings (SSSR count). The van der Waals surface area contributed by atoms with Crippen LogP contribution >= 0.6 is 27.5 Å². The SMILES string of the molecule is Cc1cc(C(Cl)c2cccc(C)c2F)c(C)cc1Br. The van der Waals surface area contributed by atoms with Crippen LogP contribution in [0.2, 0.25) is 0 Å². The summed E-state index contributed by atoms with van der Waals surface area (Å²) < 4.78 is 15.2. The van der Waals surface area contributed by atoms with E-state index in [9.17, 15) is 4.39 Å². The summed E-state index contributed by atoms with van der Waals surface area (Å²) in [6, 6.07) is 9.37. The standard InChI is InChI=1S/C16H15BrClF/c1-9-5-4-6-12(16(9)19)15(18)13-7-11(3)14(17)8-10(13)2/h4-8,15H,1-3H3. The number of rotatable bonds is 2. The first kappa shape index (κ1) is 14.5. The third kappa shape index (κ3) is 2.85. The molecule has 0 heterocycles. The molecule has 1 unspecified atom stereocenters. The Labute approximate surface area is 126 Å². The Kier molecular flexibility index (Phi) is 4.32. The maximum atomic E-state index is 14.2. The van der Waals surface area contributed by atoms with Gasteiger partial charge in [0.05, 0.1) is 5.38 Å². The van der Waals surface area contributed by atoms with Crippen LogP contribution in [0.15, 0.2) is 34.8 Å². The van der Waals surface area contributed by atoms with Gasteiger partial charge in [0.25, 0.3) is 0 Å². The second kappa shape index (κ2) is 5.64. The van der Waals surface area contributed by atoms with E-state index in [4.69, 9.17) is 11.6 Å². The van der Waals surface area contributed by atoms with Crippen molar-refractivity contribution in [2.75, 3.05) is 0 Å². The minimum absolute atomic E-state index is 0.220. The number of benzene rings is 2. The van der Waals surface area contributed by atoms with Crippen molar-refractivity contribution in [3.63, 3.8) is 0 Å². The largest absolute Gasteiger partial charge is 0.206 e. The molecule has 100 valence electrons. The summed E-state index contributed by atoms with van der Waals surface area (Å²) in [6.07, 6.45) is 0. The van der Waals surface area contributed by atoms with Crippen LogP contribution < -0.4 is 0 Å². The van der Waals surface area contributed by atoms with E-state index < -0.39 is 5.38 Å². The van der Waals surface area contributed by atoms with E-state index >= 15 is 0 Å². The molecule has 0 saturated carbocycles. The molecule has 3 heteroatoms. The van der Waals surface area contributed by atoms with Gasteiger partial charge in [-0.15, -0.1) is 11.6 Å². The van der Waals surface area contributed by atoms with Gasteiger partial charge in [-0.2, -0.15) is 0 Å². The maximum Gasteiger partial charge on any atom is 0.131 e. The van der Waals surface area contributed by atoms with Crippen molar-refractivity contribution >= 4 is 27.5 Å². The molecule has 0 nitrogen and oxygen atoms in total. The smallest absolute Gasteiger partial charge is 0.131 e. The summed E-state index contributed by atoms with van der Waals surface area (Å²) in [5.41, 5.74) is 4.26. The zero-order valence-electron chi connectivity index (χ0n) is 11.1. The monoisotopic (exact) mass is 340 g/mol. The highest BCUT2D eigenvalue weighted by Gasteiger charge is 2.18. The van der Waals surface area contributed by atoms with Crippen LogP contribution in [0.1, 0.15) is 33.2 Å². The van der Waals surface area contributed by atoms with Crippen LogP contribution in [0.5, 0.6) is 0 Å². The molecular formula is C16H15BrClF. The molecule has 0 N–H and O–H groups in total. The number of alkyl halides is 1. The van der Waals surface area contributed by atoms with E-state index in [2.05, 4.69) is 15.9 Å². The molecule has 1 atom stereocenters. The predicted molar refractivity (Wildman–Crippen MR) is 82.4 cm³/mol. The molecule has 0 aliphatic carbocycles. The van der Waals surface area contributed by atoms with Gasteiger partial charge in [-0.1, -0.05) is 40.2 Å². The fraction of sp³-hybridized carbons (Fsp3) is 0.250. The van der Waals surface area contributed by atoms with Crippen LogP contribution in [0.4, 0.5) is 4.39 Å². The Hall–Kier alpha value is -0.860. The maximum absolute atomic E-state index is 14.2. The molecular weight excluding hydrogens is 327 g/mol. The van der Waals surface area contributed by atoms with Gasteiger partial charge < -0.3 is 0 Å². The summed E-state index contributed by atoms with van der Waals surface area (Å²) in [4.78, 5) is 0. The Morgan fingerprint density at radius 1 is 1.00 bits per heavy atom. The molecule has 0 bridgehead atoms. The highest BCUT2D eigenvalue weighted by molar-refractivity contribution is 9.10. The zero-order chi connectivity index (χ0) is 14.2. The highest BCUT2D eigenvalue weighted by atomic mass is 79.9. The minimum Gasteiger partial charge on any atom is -0.206 e. The van der Waals surface area contributed by atoms with E-state index in [0.717, 1.165) is 21.2 Å². The lowest BCUT2D eigenvalue weighted by Gasteiger charge is -2.16. The molecule has 2 aromatic carbocycles. The van der Waals surface area contributed by atoms with Gasteiger partial charge in [0.1, 0.15) is 5.82 Å². The Bertz CT molecular complexity index is 622. The first-order chi connectivity index (χ1) is 8.91. The average molecular weight is 342 g/mol. The second-order valence-electron chi connectivity index (χ2n) is 4.80. The molecule has 0 aliphatic rings. The first-order valence-electron chi connectivity index (χ1n) is 6.07. The van der Waals surface area contributed by atoms with Crippen molar-refractivity contribution in [3.8, 4) is 0 Å². The summed E-state index contributed by atoms with van der Waals surface area (Å²) in [7, 11) is 0. The van der Waals surface area contributed by atoms with Crippen molar-refractivity contribution < 1.29 is 4.39 Å². The molecule has 0 fully saturated rings. The molecule has 0 amide bonds. The quantitative estimate of drug-likeness (QED) is 0.602. The van der Waals surface area contributed by atoms with Crippen molar-refractivity contribution in [2.45, 2.75) is 26.1 Å². The Morgan fingerprint density at radius 2 is 1.68 bits per heavy atom. The normalized spacial score (nSPS) is 12.5. The number of halogens is 3. The highest BCUT2D eigenvalue weighted by Crippen LogP contribution is 2.35. The lowest BCUT2D eigenvalue weighted by atomic mass is 9.97. The number of hydrogen-bond donors (Lipinski definition) is 0. The Balaban J connectivity index is 2.53. The first-order valence-corrected chi connectivity index (χ1v) is 7.30. The van der Waals surface area contributed by atoms with Gasteiger partial charge in [0, 0.05) is 10.0 Å². The van der Waals surface area contributed by atoms with Crippen molar-refractivity contribution in [2.24, 2.45) is 0 Å². The van der Waals surface area contributed by atoms with Gasteiger partial charge in [-0.25, -0.2) is 4.39 Å². The van der Waals surface area contributed by atoms with Crippen LogP contribution in [-0.4, -0.2) is 0 Å².